The molecule has 0 saturated heterocycles. The molecule has 84 valence electrons. The summed E-state index contributed by atoms with van der Waals surface area (Å²) in [5, 5.41) is 0. The molecule has 1 aromatic rings. The van der Waals surface area contributed by atoms with Gasteiger partial charge >= 0.3 is 0 Å². The van der Waals surface area contributed by atoms with E-state index < -0.39 is 0 Å². The van der Waals surface area contributed by atoms with Crippen molar-refractivity contribution in [3.05, 3.63) is 28.5 Å². The largest absolute Gasteiger partial charge is 0.328 e. The average Bonchev–Trinajstić information content (AvgIpc) is 2.15. The van der Waals surface area contributed by atoms with E-state index in [1.807, 2.05) is 12.3 Å². The molecule has 0 bridgehead atoms. The highest BCUT2D eigenvalue weighted by molar-refractivity contribution is 9.10. The van der Waals surface area contributed by atoms with Crippen molar-refractivity contribution < 1.29 is 0 Å². The maximum Gasteiger partial charge on any atom is 0.0413 e. The second-order valence-corrected chi connectivity index (χ2v) is 5.35. The van der Waals surface area contributed by atoms with E-state index in [0.29, 0.717) is 11.8 Å². The van der Waals surface area contributed by atoms with Gasteiger partial charge < -0.3 is 5.73 Å². The van der Waals surface area contributed by atoms with Crippen molar-refractivity contribution in [2.45, 2.75) is 33.2 Å². The zero-order chi connectivity index (χ0) is 11.4. The first kappa shape index (κ1) is 12.7. The van der Waals surface area contributed by atoms with Gasteiger partial charge in [-0.3, -0.25) is 4.98 Å². The van der Waals surface area contributed by atoms with Crippen LogP contribution in [0.5, 0.6) is 0 Å². The van der Waals surface area contributed by atoms with Crippen LogP contribution in [0.2, 0.25) is 0 Å². The van der Waals surface area contributed by atoms with E-state index in [4.69, 9.17) is 5.73 Å². The minimum absolute atomic E-state index is 0.218. The SMILES string of the molecule is CC(C)C(Cc1ccc(Br)cn1)C(C)N. The third-order valence-corrected chi connectivity index (χ3v) is 3.23. The van der Waals surface area contributed by atoms with Gasteiger partial charge in [-0.25, -0.2) is 0 Å². The fourth-order valence-corrected chi connectivity index (χ4v) is 2.03. The first-order valence-corrected chi connectivity index (χ1v) is 6.16. The number of pyridine rings is 1. The lowest BCUT2D eigenvalue weighted by Gasteiger charge is -2.24. The summed E-state index contributed by atoms with van der Waals surface area (Å²) in [4.78, 5) is 4.38. The predicted octanol–water partition coefficient (Wildman–Crippen LogP) is 3.01. The van der Waals surface area contributed by atoms with Gasteiger partial charge in [-0.2, -0.15) is 0 Å². The second-order valence-electron chi connectivity index (χ2n) is 4.44. The molecule has 0 aliphatic heterocycles. The van der Waals surface area contributed by atoms with Crippen LogP contribution in [0.25, 0.3) is 0 Å². The molecule has 1 rings (SSSR count). The van der Waals surface area contributed by atoms with Gasteiger partial charge in [0, 0.05) is 22.4 Å². The average molecular weight is 271 g/mol. The van der Waals surface area contributed by atoms with Crippen molar-refractivity contribution in [1.29, 1.82) is 0 Å². The van der Waals surface area contributed by atoms with Gasteiger partial charge in [-0.05, 0) is 53.2 Å². The molecule has 2 unspecified atom stereocenters. The molecule has 2 N–H and O–H groups in total. The molecule has 0 aliphatic carbocycles. The Kier molecular flexibility index (Phi) is 4.74. The Hall–Kier alpha value is -0.410. The summed E-state index contributed by atoms with van der Waals surface area (Å²) in [7, 11) is 0. The highest BCUT2D eigenvalue weighted by Crippen LogP contribution is 2.19. The van der Waals surface area contributed by atoms with E-state index in [9.17, 15) is 0 Å². The molecule has 0 amide bonds. The number of halogens is 1. The minimum Gasteiger partial charge on any atom is -0.328 e. The van der Waals surface area contributed by atoms with Gasteiger partial charge in [-0.1, -0.05) is 13.8 Å². The summed E-state index contributed by atoms with van der Waals surface area (Å²) in [6, 6.07) is 4.30. The highest BCUT2D eigenvalue weighted by Gasteiger charge is 2.18. The molecular formula is C12H19BrN2. The Morgan fingerprint density at radius 2 is 2.00 bits per heavy atom. The van der Waals surface area contributed by atoms with Gasteiger partial charge in [0.25, 0.3) is 0 Å². The van der Waals surface area contributed by atoms with Crippen LogP contribution in [0, 0.1) is 11.8 Å². The predicted molar refractivity (Wildman–Crippen MR) is 67.6 cm³/mol. The van der Waals surface area contributed by atoms with E-state index in [1.165, 1.54) is 0 Å². The summed E-state index contributed by atoms with van der Waals surface area (Å²) in [6.45, 7) is 6.50. The van der Waals surface area contributed by atoms with Crippen LogP contribution in [0.4, 0.5) is 0 Å². The van der Waals surface area contributed by atoms with Gasteiger partial charge in [0.05, 0.1) is 0 Å². The molecule has 3 heteroatoms. The van der Waals surface area contributed by atoms with Crippen LogP contribution in [0.1, 0.15) is 26.5 Å². The van der Waals surface area contributed by atoms with Crippen molar-refractivity contribution >= 4 is 15.9 Å². The first-order valence-electron chi connectivity index (χ1n) is 5.36. The Balaban J connectivity index is 2.70. The standard InChI is InChI=1S/C12H19BrN2/c1-8(2)12(9(3)14)6-11-5-4-10(13)7-15-11/h4-5,7-9,12H,6,14H2,1-3H3. The molecule has 2 nitrogen and oxygen atoms in total. The fourth-order valence-electron chi connectivity index (χ4n) is 1.80. The van der Waals surface area contributed by atoms with Crippen LogP contribution >= 0.6 is 15.9 Å². The molecule has 0 aliphatic rings. The first-order chi connectivity index (χ1) is 7.00. The lowest BCUT2D eigenvalue weighted by molar-refractivity contribution is 0.327. The Bertz CT molecular complexity index is 285. The second kappa shape index (κ2) is 5.61. The summed E-state index contributed by atoms with van der Waals surface area (Å²) in [6.07, 6.45) is 2.80. The molecule has 2 atom stereocenters. The van der Waals surface area contributed by atoms with Crippen LogP contribution in [-0.2, 0) is 6.42 Å². The molecule has 0 saturated carbocycles. The van der Waals surface area contributed by atoms with Crippen LogP contribution < -0.4 is 5.73 Å². The summed E-state index contributed by atoms with van der Waals surface area (Å²) >= 11 is 3.38. The summed E-state index contributed by atoms with van der Waals surface area (Å²) < 4.78 is 1.02. The van der Waals surface area contributed by atoms with Gasteiger partial charge in [-0.15, -0.1) is 0 Å². The smallest absolute Gasteiger partial charge is 0.0413 e. The van der Waals surface area contributed by atoms with E-state index in [2.05, 4.69) is 47.8 Å². The van der Waals surface area contributed by atoms with Crippen molar-refractivity contribution in [2.24, 2.45) is 17.6 Å². The molecule has 1 aromatic heterocycles. The molecule has 0 radical (unpaired) electrons. The summed E-state index contributed by atoms with van der Waals surface area (Å²) in [5.41, 5.74) is 7.10. The van der Waals surface area contributed by atoms with Gasteiger partial charge in [0.1, 0.15) is 0 Å². The van der Waals surface area contributed by atoms with Gasteiger partial charge in [0.2, 0.25) is 0 Å². The molecule has 0 fully saturated rings. The van der Waals surface area contributed by atoms with Crippen molar-refractivity contribution in [2.75, 3.05) is 0 Å². The Morgan fingerprint density at radius 3 is 2.40 bits per heavy atom. The van der Waals surface area contributed by atoms with E-state index in [0.717, 1.165) is 16.6 Å². The number of nitrogens with zero attached hydrogens (tertiary/aromatic N) is 1. The normalized spacial score (nSPS) is 15.3. The number of rotatable bonds is 4. The Morgan fingerprint density at radius 1 is 1.33 bits per heavy atom. The maximum atomic E-state index is 5.98. The zero-order valence-corrected chi connectivity index (χ0v) is 11.2. The number of nitrogens with two attached hydrogens (primary N) is 1. The molecule has 15 heavy (non-hydrogen) atoms. The van der Waals surface area contributed by atoms with Crippen LogP contribution in [-0.4, -0.2) is 11.0 Å². The van der Waals surface area contributed by atoms with Crippen LogP contribution in [0.3, 0.4) is 0 Å². The molecule has 0 spiro atoms. The molecule has 1 heterocycles. The number of aromatic nitrogens is 1. The molecule has 0 aromatic carbocycles. The summed E-state index contributed by atoms with van der Waals surface area (Å²) in [5.74, 6) is 1.09. The van der Waals surface area contributed by atoms with E-state index in [1.54, 1.807) is 0 Å². The maximum absolute atomic E-state index is 5.98. The number of hydrogen-bond donors (Lipinski definition) is 1. The third kappa shape index (κ3) is 3.92. The quantitative estimate of drug-likeness (QED) is 0.914. The lowest BCUT2D eigenvalue weighted by Crippen LogP contribution is -2.32. The zero-order valence-electron chi connectivity index (χ0n) is 9.57. The van der Waals surface area contributed by atoms with Crippen molar-refractivity contribution in [1.82, 2.24) is 4.98 Å². The van der Waals surface area contributed by atoms with Gasteiger partial charge in [0.15, 0.2) is 0 Å². The number of hydrogen-bond acceptors (Lipinski definition) is 2. The molecular weight excluding hydrogens is 252 g/mol. The van der Waals surface area contributed by atoms with Crippen LogP contribution in [0.15, 0.2) is 22.8 Å². The topological polar surface area (TPSA) is 38.9 Å². The minimum atomic E-state index is 0.218. The van der Waals surface area contributed by atoms with E-state index in [-0.39, 0.29) is 6.04 Å². The van der Waals surface area contributed by atoms with Crippen molar-refractivity contribution in [3.8, 4) is 0 Å². The fraction of sp³-hybridized carbons (Fsp3) is 0.583. The highest BCUT2D eigenvalue weighted by atomic mass is 79.9. The Labute approximate surface area is 100 Å². The monoisotopic (exact) mass is 270 g/mol. The van der Waals surface area contributed by atoms with Crippen molar-refractivity contribution in [3.63, 3.8) is 0 Å². The third-order valence-electron chi connectivity index (χ3n) is 2.77. The lowest BCUT2D eigenvalue weighted by atomic mass is 9.86. The van der Waals surface area contributed by atoms with E-state index >= 15 is 0 Å².